The number of nitrogens with one attached hydrogen (secondary N) is 1. The van der Waals surface area contributed by atoms with E-state index in [1.54, 1.807) is 17.0 Å². The van der Waals surface area contributed by atoms with Gasteiger partial charge in [0.25, 0.3) is 0 Å². The molecular formula is C26H34N2O4. The van der Waals surface area contributed by atoms with E-state index in [0.717, 1.165) is 31.2 Å². The van der Waals surface area contributed by atoms with Crippen molar-refractivity contribution in [3.63, 3.8) is 0 Å². The van der Waals surface area contributed by atoms with Crippen LogP contribution < -0.4 is 5.32 Å². The minimum absolute atomic E-state index is 0.104. The van der Waals surface area contributed by atoms with E-state index >= 15 is 0 Å². The van der Waals surface area contributed by atoms with E-state index < -0.39 is 5.60 Å². The number of phenolic OH excluding ortho intramolecular Hbond substituents is 1. The molecule has 2 aliphatic rings. The maximum absolute atomic E-state index is 12.2. The molecule has 32 heavy (non-hydrogen) atoms. The molecule has 0 fully saturated rings. The van der Waals surface area contributed by atoms with Crippen molar-refractivity contribution in [3.05, 3.63) is 64.7 Å². The van der Waals surface area contributed by atoms with Crippen LogP contribution in [0.25, 0.3) is 0 Å². The van der Waals surface area contributed by atoms with Gasteiger partial charge in [0.15, 0.2) is 0 Å². The number of amides is 2. The molecule has 2 atom stereocenters. The smallest absolute Gasteiger partial charge is 0.410 e. The summed E-state index contributed by atoms with van der Waals surface area (Å²) in [6.07, 6.45) is 4.67. The Labute approximate surface area is 190 Å². The number of benzene rings is 2. The summed E-state index contributed by atoms with van der Waals surface area (Å²) in [7, 11) is 0. The quantitative estimate of drug-likeness (QED) is 0.655. The molecule has 0 bridgehead atoms. The number of hydrogen-bond donors (Lipinski definition) is 2. The first-order chi connectivity index (χ1) is 15.2. The van der Waals surface area contributed by atoms with Gasteiger partial charge in [-0.25, -0.2) is 4.79 Å². The van der Waals surface area contributed by atoms with Crippen LogP contribution in [0.5, 0.6) is 5.75 Å². The van der Waals surface area contributed by atoms with Gasteiger partial charge in [0.2, 0.25) is 6.41 Å². The fourth-order valence-electron chi connectivity index (χ4n) is 4.30. The van der Waals surface area contributed by atoms with E-state index in [9.17, 15) is 14.7 Å². The fourth-order valence-corrected chi connectivity index (χ4v) is 4.30. The van der Waals surface area contributed by atoms with Crippen LogP contribution in [-0.4, -0.2) is 34.2 Å². The van der Waals surface area contributed by atoms with Crippen LogP contribution in [0.2, 0.25) is 0 Å². The fraction of sp³-hybridized carbons (Fsp3) is 0.462. The predicted molar refractivity (Wildman–Crippen MR) is 124 cm³/mol. The number of fused-ring (bicyclic) bond motifs is 2. The Morgan fingerprint density at radius 3 is 2.62 bits per heavy atom. The molecule has 172 valence electrons. The molecule has 2 unspecified atom stereocenters. The summed E-state index contributed by atoms with van der Waals surface area (Å²) in [4.78, 5) is 24.2. The third kappa shape index (κ3) is 6.02. The monoisotopic (exact) mass is 438 g/mol. The molecule has 2 amide bonds. The van der Waals surface area contributed by atoms with Crippen LogP contribution in [0.4, 0.5) is 4.79 Å². The molecule has 2 aromatic carbocycles. The average Bonchev–Trinajstić information content (AvgIpc) is 2.73. The molecule has 0 saturated carbocycles. The van der Waals surface area contributed by atoms with Crippen molar-refractivity contribution >= 4 is 12.5 Å². The predicted octanol–water partition coefficient (Wildman–Crippen LogP) is 4.88. The number of carbonyl (C=O) groups is 2. The molecule has 1 heterocycles. The highest BCUT2D eigenvalue weighted by molar-refractivity contribution is 5.69. The number of aryl methyl sites for hydroxylation is 1. The van der Waals surface area contributed by atoms with Gasteiger partial charge in [-0.1, -0.05) is 30.3 Å². The van der Waals surface area contributed by atoms with E-state index in [0.29, 0.717) is 6.54 Å². The SMILES string of the molecule is CC1Cc2ccc(O)cc2CN1C(=O)OC(C)(C)C.O=CNC1CCCc2ccccc21. The van der Waals surface area contributed by atoms with Crippen LogP contribution in [0.3, 0.4) is 0 Å². The first-order valence-corrected chi connectivity index (χ1v) is 11.3. The van der Waals surface area contributed by atoms with Crippen molar-refractivity contribution in [2.45, 2.75) is 77.6 Å². The molecule has 6 nitrogen and oxygen atoms in total. The zero-order chi connectivity index (χ0) is 23.3. The number of phenols is 1. The number of carbonyl (C=O) groups excluding carboxylic acids is 2. The first kappa shape index (κ1) is 23.6. The lowest BCUT2D eigenvalue weighted by Gasteiger charge is -2.36. The minimum atomic E-state index is -0.490. The molecular weight excluding hydrogens is 404 g/mol. The molecule has 4 rings (SSSR count). The average molecular weight is 439 g/mol. The van der Waals surface area contributed by atoms with Crippen molar-refractivity contribution < 1.29 is 19.4 Å². The number of hydrogen-bond acceptors (Lipinski definition) is 4. The van der Waals surface area contributed by atoms with E-state index in [1.165, 1.54) is 23.1 Å². The highest BCUT2D eigenvalue weighted by Crippen LogP contribution is 2.29. The van der Waals surface area contributed by atoms with Crippen molar-refractivity contribution in [2.24, 2.45) is 0 Å². The van der Waals surface area contributed by atoms with Gasteiger partial charge in [-0.15, -0.1) is 0 Å². The largest absolute Gasteiger partial charge is 0.508 e. The van der Waals surface area contributed by atoms with Crippen LogP contribution in [0.1, 0.15) is 68.8 Å². The van der Waals surface area contributed by atoms with Gasteiger partial charge in [0, 0.05) is 12.6 Å². The summed E-state index contributed by atoms with van der Waals surface area (Å²) in [5.74, 6) is 0.234. The van der Waals surface area contributed by atoms with Gasteiger partial charge in [0.05, 0.1) is 6.04 Å². The summed E-state index contributed by atoms with van der Waals surface area (Å²) in [5.41, 5.74) is 4.36. The Bertz CT molecular complexity index is 951. The van der Waals surface area contributed by atoms with Crippen LogP contribution in [0, 0.1) is 0 Å². The molecule has 0 saturated heterocycles. The van der Waals surface area contributed by atoms with Crippen LogP contribution >= 0.6 is 0 Å². The number of rotatable bonds is 2. The topological polar surface area (TPSA) is 78.9 Å². The minimum Gasteiger partial charge on any atom is -0.508 e. The van der Waals surface area contributed by atoms with Gasteiger partial charge >= 0.3 is 6.09 Å². The Kier molecular flexibility index (Phi) is 7.44. The lowest BCUT2D eigenvalue weighted by atomic mass is 9.88. The summed E-state index contributed by atoms with van der Waals surface area (Å²) in [6, 6.07) is 14.0. The van der Waals surface area contributed by atoms with E-state index in [1.807, 2.05) is 39.8 Å². The standard InChI is InChI=1S/C15H21NO3.C11H13NO/c1-10-7-11-5-6-13(17)8-12(11)9-16(10)14(18)19-15(2,3)4;13-8-12-11-7-3-5-9-4-1-2-6-10(9)11/h5-6,8,10,17H,7,9H2,1-4H3;1-2,4,6,8,11H,3,5,7H2,(H,12,13). The first-order valence-electron chi connectivity index (χ1n) is 11.3. The molecule has 1 aliphatic carbocycles. The Balaban J connectivity index is 0.000000193. The molecule has 2 N–H and O–H groups in total. The van der Waals surface area contributed by atoms with Gasteiger partial charge in [-0.05, 0) is 87.8 Å². The normalized spacial score (nSPS) is 19.6. The number of aromatic hydroxyl groups is 1. The van der Waals surface area contributed by atoms with E-state index in [2.05, 4.69) is 23.5 Å². The molecule has 2 aromatic rings. The van der Waals surface area contributed by atoms with E-state index in [-0.39, 0.29) is 23.9 Å². The highest BCUT2D eigenvalue weighted by atomic mass is 16.6. The molecule has 0 aromatic heterocycles. The van der Waals surface area contributed by atoms with Crippen LogP contribution in [-0.2, 0) is 28.9 Å². The third-order valence-electron chi connectivity index (χ3n) is 5.84. The second kappa shape index (κ2) is 10.1. The summed E-state index contributed by atoms with van der Waals surface area (Å²) < 4.78 is 5.42. The lowest BCUT2D eigenvalue weighted by molar-refractivity contribution is -0.110. The lowest BCUT2D eigenvalue weighted by Crippen LogP contribution is -2.45. The Morgan fingerprint density at radius 2 is 1.91 bits per heavy atom. The van der Waals surface area contributed by atoms with Crippen molar-refractivity contribution in [1.82, 2.24) is 10.2 Å². The van der Waals surface area contributed by atoms with Crippen LogP contribution in [0.15, 0.2) is 42.5 Å². The van der Waals surface area contributed by atoms with Gasteiger partial charge < -0.3 is 20.1 Å². The van der Waals surface area contributed by atoms with E-state index in [4.69, 9.17) is 4.74 Å². The van der Waals surface area contributed by atoms with Crippen molar-refractivity contribution in [3.8, 4) is 5.75 Å². The molecule has 0 radical (unpaired) electrons. The maximum atomic E-state index is 12.2. The zero-order valence-electron chi connectivity index (χ0n) is 19.4. The van der Waals surface area contributed by atoms with Crippen molar-refractivity contribution in [1.29, 1.82) is 0 Å². The summed E-state index contributed by atoms with van der Waals surface area (Å²) in [6.45, 7) is 8.08. The van der Waals surface area contributed by atoms with Gasteiger partial charge in [0.1, 0.15) is 11.4 Å². The summed E-state index contributed by atoms with van der Waals surface area (Å²) in [5, 5.41) is 12.4. The zero-order valence-corrected chi connectivity index (χ0v) is 19.4. The molecule has 6 heteroatoms. The number of nitrogens with zero attached hydrogens (tertiary/aromatic N) is 1. The summed E-state index contributed by atoms with van der Waals surface area (Å²) >= 11 is 0. The Morgan fingerprint density at radius 1 is 1.16 bits per heavy atom. The highest BCUT2D eigenvalue weighted by Gasteiger charge is 2.30. The second-order valence-electron chi connectivity index (χ2n) is 9.54. The molecule has 0 spiro atoms. The Hall–Kier alpha value is -3.02. The third-order valence-corrected chi connectivity index (χ3v) is 5.84. The van der Waals surface area contributed by atoms with Crippen molar-refractivity contribution in [2.75, 3.05) is 0 Å². The second-order valence-corrected chi connectivity index (χ2v) is 9.54. The van der Waals surface area contributed by atoms with Gasteiger partial charge in [-0.2, -0.15) is 0 Å². The van der Waals surface area contributed by atoms with Gasteiger partial charge in [-0.3, -0.25) is 4.79 Å². The maximum Gasteiger partial charge on any atom is 0.410 e. The number of ether oxygens (including phenoxy) is 1. The molecule has 1 aliphatic heterocycles.